The van der Waals surface area contributed by atoms with E-state index in [1.807, 2.05) is 47.1 Å². The Bertz CT molecular complexity index is 951. The number of amides is 3. The van der Waals surface area contributed by atoms with Crippen LogP contribution in [-0.4, -0.2) is 53.7 Å². The van der Waals surface area contributed by atoms with Crippen molar-refractivity contribution >= 4 is 29.1 Å². The Morgan fingerprint density at radius 1 is 1.13 bits per heavy atom. The molecule has 158 valence electrons. The minimum atomic E-state index is -0.0708. The van der Waals surface area contributed by atoms with Gasteiger partial charge in [-0.3, -0.25) is 14.4 Å². The van der Waals surface area contributed by atoms with Gasteiger partial charge in [-0.25, -0.2) is 0 Å². The van der Waals surface area contributed by atoms with Gasteiger partial charge in [0.2, 0.25) is 5.91 Å². The smallest absolute Gasteiger partial charge is 0.261 e. The van der Waals surface area contributed by atoms with Gasteiger partial charge in [0.25, 0.3) is 11.8 Å². The molecule has 2 aromatic rings. The van der Waals surface area contributed by atoms with Crippen molar-refractivity contribution < 1.29 is 14.4 Å². The molecular formula is C23H27N3O3S. The molecule has 0 aliphatic carbocycles. The largest absolute Gasteiger partial charge is 0.351 e. The molecule has 0 saturated carbocycles. The van der Waals surface area contributed by atoms with Gasteiger partial charge in [-0.1, -0.05) is 17.7 Å². The molecule has 0 spiro atoms. The number of aryl methyl sites for hydroxylation is 1. The average molecular weight is 426 g/mol. The summed E-state index contributed by atoms with van der Waals surface area (Å²) < 4.78 is 0. The minimum Gasteiger partial charge on any atom is -0.351 e. The second kappa shape index (κ2) is 9.00. The normalized spacial score (nSPS) is 16.0. The van der Waals surface area contributed by atoms with E-state index in [-0.39, 0.29) is 17.7 Å². The second-order valence-electron chi connectivity index (χ2n) is 8.00. The van der Waals surface area contributed by atoms with Gasteiger partial charge in [0.05, 0.1) is 4.88 Å². The number of carbonyl (C=O) groups excluding carboxylic acids is 3. The minimum absolute atomic E-state index is 0.0364. The summed E-state index contributed by atoms with van der Waals surface area (Å²) in [7, 11) is 0. The summed E-state index contributed by atoms with van der Waals surface area (Å²) in [6.45, 7) is 5.32. The summed E-state index contributed by atoms with van der Waals surface area (Å²) in [4.78, 5) is 42.6. The van der Waals surface area contributed by atoms with Crippen molar-refractivity contribution in [1.82, 2.24) is 15.1 Å². The number of nitrogens with one attached hydrogen (secondary N) is 1. The van der Waals surface area contributed by atoms with E-state index in [1.54, 1.807) is 0 Å². The summed E-state index contributed by atoms with van der Waals surface area (Å²) in [6.07, 6.45) is 3.13. The van der Waals surface area contributed by atoms with Crippen molar-refractivity contribution in [2.75, 3.05) is 26.2 Å². The molecule has 1 aromatic heterocycles. The van der Waals surface area contributed by atoms with Gasteiger partial charge in [0.15, 0.2) is 0 Å². The Morgan fingerprint density at radius 3 is 2.67 bits per heavy atom. The molecule has 0 unspecified atom stereocenters. The summed E-state index contributed by atoms with van der Waals surface area (Å²) in [5.41, 5.74) is 2.90. The van der Waals surface area contributed by atoms with Crippen LogP contribution in [0.4, 0.5) is 0 Å². The number of hydrogen-bond acceptors (Lipinski definition) is 4. The highest BCUT2D eigenvalue weighted by Crippen LogP contribution is 2.29. The highest BCUT2D eigenvalue weighted by Gasteiger charge is 2.25. The van der Waals surface area contributed by atoms with Crippen molar-refractivity contribution in [3.8, 4) is 0 Å². The lowest BCUT2D eigenvalue weighted by Gasteiger charge is -2.27. The zero-order valence-corrected chi connectivity index (χ0v) is 18.1. The molecule has 7 heteroatoms. The molecule has 4 rings (SSSR count). The maximum atomic E-state index is 12.8. The summed E-state index contributed by atoms with van der Waals surface area (Å²) >= 11 is 1.52. The fourth-order valence-electron chi connectivity index (χ4n) is 4.00. The highest BCUT2D eigenvalue weighted by molar-refractivity contribution is 7.14. The number of hydrogen-bond donors (Lipinski definition) is 1. The van der Waals surface area contributed by atoms with Gasteiger partial charge < -0.3 is 15.1 Å². The van der Waals surface area contributed by atoms with E-state index in [4.69, 9.17) is 0 Å². The third kappa shape index (κ3) is 4.56. The van der Waals surface area contributed by atoms with Gasteiger partial charge in [-0.2, -0.15) is 0 Å². The van der Waals surface area contributed by atoms with Crippen LogP contribution in [-0.2, 0) is 17.8 Å². The van der Waals surface area contributed by atoms with Gasteiger partial charge in [-0.15, -0.1) is 11.3 Å². The lowest BCUT2D eigenvalue weighted by Crippen LogP contribution is -2.35. The van der Waals surface area contributed by atoms with Gasteiger partial charge in [0.1, 0.15) is 0 Å². The number of thiophene rings is 1. The quantitative estimate of drug-likeness (QED) is 0.724. The number of carbonyl (C=O) groups is 3. The lowest BCUT2D eigenvalue weighted by molar-refractivity contribution is -0.127. The number of fused-ring (bicyclic) bond motifs is 1. The lowest BCUT2D eigenvalue weighted by atomic mass is 10.1. The van der Waals surface area contributed by atoms with E-state index in [1.165, 1.54) is 16.2 Å². The van der Waals surface area contributed by atoms with Crippen LogP contribution in [0.1, 0.15) is 55.3 Å². The fraction of sp³-hybridized carbons (Fsp3) is 0.435. The first-order valence-electron chi connectivity index (χ1n) is 10.5. The number of likely N-dealkylation sites (tertiary alicyclic amines) is 1. The Morgan fingerprint density at radius 2 is 1.93 bits per heavy atom. The topological polar surface area (TPSA) is 69.7 Å². The number of benzene rings is 1. The molecule has 1 fully saturated rings. The maximum absolute atomic E-state index is 12.8. The molecule has 2 aliphatic heterocycles. The van der Waals surface area contributed by atoms with Crippen LogP contribution in [0.3, 0.4) is 0 Å². The number of rotatable bonds is 6. The van der Waals surface area contributed by atoms with E-state index in [0.29, 0.717) is 43.0 Å². The van der Waals surface area contributed by atoms with Gasteiger partial charge in [0, 0.05) is 49.6 Å². The molecule has 1 saturated heterocycles. The first kappa shape index (κ1) is 20.6. The molecule has 3 heterocycles. The van der Waals surface area contributed by atoms with Gasteiger partial charge in [-0.05, 0) is 49.9 Å². The third-order valence-corrected chi connectivity index (χ3v) is 6.97. The molecule has 0 radical (unpaired) electrons. The first-order chi connectivity index (χ1) is 14.5. The Kier molecular flexibility index (Phi) is 6.18. The van der Waals surface area contributed by atoms with Crippen LogP contribution in [0.15, 0.2) is 30.3 Å². The molecule has 30 heavy (non-hydrogen) atoms. The van der Waals surface area contributed by atoms with Crippen molar-refractivity contribution in [3.63, 3.8) is 0 Å². The summed E-state index contributed by atoms with van der Waals surface area (Å²) in [5.74, 6) is 0.185. The SMILES string of the molecule is Cc1ccc(C(=O)N2CCc3sc(C(=O)NCCCN4CCCC4=O)cc3C2)cc1. The molecule has 0 bridgehead atoms. The van der Waals surface area contributed by atoms with Crippen LogP contribution < -0.4 is 5.32 Å². The van der Waals surface area contributed by atoms with E-state index < -0.39 is 0 Å². The number of nitrogens with zero attached hydrogens (tertiary/aromatic N) is 2. The van der Waals surface area contributed by atoms with Crippen LogP contribution in [0.5, 0.6) is 0 Å². The first-order valence-corrected chi connectivity index (χ1v) is 11.4. The van der Waals surface area contributed by atoms with Gasteiger partial charge >= 0.3 is 0 Å². The van der Waals surface area contributed by atoms with Crippen LogP contribution in [0, 0.1) is 6.92 Å². The Hall–Kier alpha value is -2.67. The molecule has 1 N–H and O–H groups in total. The van der Waals surface area contributed by atoms with E-state index in [0.717, 1.165) is 36.9 Å². The highest BCUT2D eigenvalue weighted by atomic mass is 32.1. The van der Waals surface area contributed by atoms with E-state index in [9.17, 15) is 14.4 Å². The zero-order valence-electron chi connectivity index (χ0n) is 17.3. The third-order valence-electron chi connectivity index (χ3n) is 5.74. The molecule has 0 atom stereocenters. The Labute approximate surface area is 180 Å². The van der Waals surface area contributed by atoms with Crippen LogP contribution in [0.2, 0.25) is 0 Å². The zero-order chi connectivity index (χ0) is 21.1. The average Bonchev–Trinajstić information content (AvgIpc) is 3.36. The summed E-state index contributed by atoms with van der Waals surface area (Å²) in [6, 6.07) is 9.57. The standard InChI is InChI=1S/C23H27N3O3S/c1-16-5-7-17(8-6-16)23(29)26-13-9-19-18(15-26)14-20(30-19)22(28)24-10-3-12-25-11-2-4-21(25)27/h5-8,14H,2-4,9-13,15H2,1H3,(H,24,28). The molecule has 1 aromatic carbocycles. The fourth-order valence-corrected chi connectivity index (χ4v) is 5.08. The molecule has 2 aliphatic rings. The second-order valence-corrected chi connectivity index (χ2v) is 9.13. The Balaban J connectivity index is 1.30. The van der Waals surface area contributed by atoms with Crippen molar-refractivity contribution in [1.29, 1.82) is 0 Å². The molecule has 6 nitrogen and oxygen atoms in total. The van der Waals surface area contributed by atoms with E-state index >= 15 is 0 Å². The van der Waals surface area contributed by atoms with Crippen molar-refractivity contribution in [2.45, 2.75) is 39.2 Å². The monoisotopic (exact) mass is 425 g/mol. The van der Waals surface area contributed by atoms with Crippen LogP contribution >= 0.6 is 11.3 Å². The predicted octanol–water partition coefficient (Wildman–Crippen LogP) is 3.00. The predicted molar refractivity (Wildman–Crippen MR) is 117 cm³/mol. The molecular weight excluding hydrogens is 398 g/mol. The van der Waals surface area contributed by atoms with Crippen molar-refractivity contribution in [3.05, 3.63) is 56.8 Å². The van der Waals surface area contributed by atoms with E-state index in [2.05, 4.69) is 5.32 Å². The van der Waals surface area contributed by atoms with Crippen molar-refractivity contribution in [2.24, 2.45) is 0 Å². The van der Waals surface area contributed by atoms with Crippen LogP contribution in [0.25, 0.3) is 0 Å². The maximum Gasteiger partial charge on any atom is 0.261 e. The molecule has 3 amide bonds. The summed E-state index contributed by atoms with van der Waals surface area (Å²) in [5, 5.41) is 2.96.